The molecule has 0 aliphatic carbocycles. The molecule has 1 N–H and O–H groups in total. The van der Waals surface area contributed by atoms with Crippen LogP contribution in [0.3, 0.4) is 0 Å². The molecule has 0 amide bonds. The lowest BCUT2D eigenvalue weighted by atomic mass is 9.98. The van der Waals surface area contributed by atoms with Gasteiger partial charge in [-0.3, -0.25) is 0 Å². The molecule has 0 aromatic heterocycles. The number of aliphatic hydroxyl groups excluding tert-OH is 1. The molecule has 0 aromatic carbocycles. The molecule has 68 valence electrons. The summed E-state index contributed by atoms with van der Waals surface area (Å²) >= 11 is 4.30. The van der Waals surface area contributed by atoms with E-state index in [1.54, 1.807) is 0 Å². The summed E-state index contributed by atoms with van der Waals surface area (Å²) in [6.07, 6.45) is 4.56. The predicted molar refractivity (Wildman–Crippen MR) is 53.2 cm³/mol. The first-order valence-corrected chi connectivity index (χ1v) is 5.01. The zero-order valence-corrected chi connectivity index (χ0v) is 8.48. The Bertz CT molecular complexity index is 83.6. The van der Waals surface area contributed by atoms with Gasteiger partial charge in [0.1, 0.15) is 0 Å². The Morgan fingerprint density at radius 3 is 2.27 bits per heavy atom. The van der Waals surface area contributed by atoms with Crippen molar-refractivity contribution in [3.05, 3.63) is 0 Å². The van der Waals surface area contributed by atoms with Crippen molar-refractivity contribution in [1.29, 1.82) is 0 Å². The van der Waals surface area contributed by atoms with Crippen molar-refractivity contribution in [2.45, 2.75) is 44.8 Å². The Balaban J connectivity index is 3.35. The molecule has 2 atom stereocenters. The van der Waals surface area contributed by atoms with Crippen molar-refractivity contribution in [2.24, 2.45) is 5.92 Å². The first-order chi connectivity index (χ1) is 5.20. The quantitative estimate of drug-likeness (QED) is 0.596. The van der Waals surface area contributed by atoms with Gasteiger partial charge < -0.3 is 5.11 Å². The highest BCUT2D eigenvalue weighted by Gasteiger charge is 2.06. The fourth-order valence-corrected chi connectivity index (χ4v) is 1.36. The molecule has 0 saturated carbocycles. The van der Waals surface area contributed by atoms with E-state index in [-0.39, 0.29) is 0 Å². The Labute approximate surface area is 75.6 Å². The molecular weight excluding hydrogens is 156 g/mol. The van der Waals surface area contributed by atoms with Crippen molar-refractivity contribution >= 4 is 12.6 Å². The van der Waals surface area contributed by atoms with Crippen LogP contribution in [-0.2, 0) is 0 Å². The van der Waals surface area contributed by atoms with Crippen LogP contribution in [0.2, 0.25) is 0 Å². The third-order valence-corrected chi connectivity index (χ3v) is 2.21. The molecule has 0 aromatic rings. The van der Waals surface area contributed by atoms with Crippen molar-refractivity contribution in [2.75, 3.05) is 6.61 Å². The minimum absolute atomic E-state index is 0.342. The van der Waals surface area contributed by atoms with Gasteiger partial charge in [0.25, 0.3) is 0 Å². The van der Waals surface area contributed by atoms with Gasteiger partial charge >= 0.3 is 0 Å². The number of aliphatic hydroxyl groups is 1. The molecule has 0 aliphatic heterocycles. The normalized spacial score (nSPS) is 16.4. The molecule has 0 radical (unpaired) electrons. The second-order valence-electron chi connectivity index (χ2n) is 3.26. The average Bonchev–Trinajstić information content (AvgIpc) is 1.97. The highest BCUT2D eigenvalue weighted by Crippen LogP contribution is 2.15. The van der Waals surface area contributed by atoms with Crippen LogP contribution in [0.25, 0.3) is 0 Å². The van der Waals surface area contributed by atoms with E-state index in [2.05, 4.69) is 26.5 Å². The largest absolute Gasteiger partial charge is 0.396 e. The number of hydrogen-bond donors (Lipinski definition) is 2. The van der Waals surface area contributed by atoms with Crippen molar-refractivity contribution in [3.8, 4) is 0 Å². The minimum atomic E-state index is 0.342. The summed E-state index contributed by atoms with van der Waals surface area (Å²) in [5.41, 5.74) is 0. The van der Waals surface area contributed by atoms with E-state index in [1.807, 2.05) is 0 Å². The molecule has 2 heteroatoms. The lowest BCUT2D eigenvalue weighted by molar-refractivity contribution is 0.208. The van der Waals surface area contributed by atoms with Crippen LogP contribution in [0.4, 0.5) is 0 Å². The molecular formula is C9H20OS. The highest BCUT2D eigenvalue weighted by molar-refractivity contribution is 7.80. The van der Waals surface area contributed by atoms with Gasteiger partial charge in [-0.1, -0.05) is 20.3 Å². The summed E-state index contributed by atoms with van der Waals surface area (Å²) in [5, 5.41) is 9.42. The molecule has 0 aliphatic rings. The summed E-state index contributed by atoms with van der Waals surface area (Å²) < 4.78 is 0. The smallest absolute Gasteiger partial charge is 0.0459 e. The predicted octanol–water partition coefficient (Wildman–Crippen LogP) is 2.49. The van der Waals surface area contributed by atoms with E-state index in [1.165, 1.54) is 6.42 Å². The van der Waals surface area contributed by atoms with Crippen molar-refractivity contribution < 1.29 is 5.11 Å². The molecule has 2 unspecified atom stereocenters. The van der Waals surface area contributed by atoms with E-state index in [0.717, 1.165) is 19.3 Å². The van der Waals surface area contributed by atoms with Gasteiger partial charge in [-0.15, -0.1) is 0 Å². The number of thiol groups is 1. The maximum atomic E-state index is 8.95. The number of hydrogen-bond acceptors (Lipinski definition) is 2. The number of rotatable bonds is 6. The van der Waals surface area contributed by atoms with E-state index >= 15 is 0 Å². The average molecular weight is 176 g/mol. The zero-order chi connectivity index (χ0) is 8.69. The SMILES string of the molecule is CCCC(CO)CCC(C)S. The minimum Gasteiger partial charge on any atom is -0.396 e. The van der Waals surface area contributed by atoms with Crippen LogP contribution in [0, 0.1) is 5.92 Å². The summed E-state index contributed by atoms with van der Waals surface area (Å²) in [6.45, 7) is 4.60. The molecule has 0 bridgehead atoms. The van der Waals surface area contributed by atoms with Gasteiger partial charge in [0.05, 0.1) is 0 Å². The first kappa shape index (κ1) is 11.3. The molecule has 1 nitrogen and oxygen atoms in total. The maximum absolute atomic E-state index is 8.95. The first-order valence-electron chi connectivity index (χ1n) is 4.49. The molecule has 0 heterocycles. The second kappa shape index (κ2) is 6.99. The molecule has 11 heavy (non-hydrogen) atoms. The van der Waals surface area contributed by atoms with Gasteiger partial charge in [-0.2, -0.15) is 12.6 Å². The van der Waals surface area contributed by atoms with Crippen LogP contribution < -0.4 is 0 Å². The Hall–Kier alpha value is 0.310. The summed E-state index contributed by atoms with van der Waals surface area (Å²) in [6, 6.07) is 0. The van der Waals surface area contributed by atoms with E-state index in [0.29, 0.717) is 17.8 Å². The van der Waals surface area contributed by atoms with Gasteiger partial charge in [0.15, 0.2) is 0 Å². The lowest BCUT2D eigenvalue weighted by Crippen LogP contribution is -2.07. The Morgan fingerprint density at radius 1 is 1.27 bits per heavy atom. The topological polar surface area (TPSA) is 20.2 Å². The highest BCUT2D eigenvalue weighted by atomic mass is 32.1. The second-order valence-corrected chi connectivity index (χ2v) is 4.15. The van der Waals surface area contributed by atoms with Gasteiger partial charge in [-0.05, 0) is 30.4 Å². The van der Waals surface area contributed by atoms with E-state index < -0.39 is 0 Å². The van der Waals surface area contributed by atoms with Crippen LogP contribution in [0.5, 0.6) is 0 Å². The van der Waals surface area contributed by atoms with E-state index in [9.17, 15) is 0 Å². The molecule has 0 saturated heterocycles. The monoisotopic (exact) mass is 176 g/mol. The van der Waals surface area contributed by atoms with Crippen LogP contribution in [0.1, 0.15) is 39.5 Å². The Morgan fingerprint density at radius 2 is 1.91 bits per heavy atom. The van der Waals surface area contributed by atoms with Crippen molar-refractivity contribution in [3.63, 3.8) is 0 Å². The van der Waals surface area contributed by atoms with E-state index in [4.69, 9.17) is 5.11 Å². The fraction of sp³-hybridized carbons (Fsp3) is 1.00. The third-order valence-electron chi connectivity index (χ3n) is 1.95. The van der Waals surface area contributed by atoms with Crippen LogP contribution in [0.15, 0.2) is 0 Å². The molecule has 0 spiro atoms. The maximum Gasteiger partial charge on any atom is 0.0459 e. The van der Waals surface area contributed by atoms with Gasteiger partial charge in [0.2, 0.25) is 0 Å². The van der Waals surface area contributed by atoms with Gasteiger partial charge in [0, 0.05) is 6.61 Å². The summed E-state index contributed by atoms with van der Waals surface area (Å²) in [5.74, 6) is 0.509. The Kier molecular flexibility index (Phi) is 7.18. The van der Waals surface area contributed by atoms with Crippen LogP contribution in [-0.4, -0.2) is 17.0 Å². The molecule has 0 rings (SSSR count). The zero-order valence-electron chi connectivity index (χ0n) is 7.58. The molecule has 0 fully saturated rings. The fourth-order valence-electron chi connectivity index (χ4n) is 1.21. The van der Waals surface area contributed by atoms with Crippen LogP contribution >= 0.6 is 12.6 Å². The third kappa shape index (κ3) is 6.70. The standard InChI is InChI=1S/C9H20OS/c1-3-4-9(7-10)6-5-8(2)11/h8-11H,3-7H2,1-2H3. The summed E-state index contributed by atoms with van der Waals surface area (Å²) in [7, 11) is 0. The van der Waals surface area contributed by atoms with Gasteiger partial charge in [-0.25, -0.2) is 0 Å². The summed E-state index contributed by atoms with van der Waals surface area (Å²) in [4.78, 5) is 0. The lowest BCUT2D eigenvalue weighted by Gasteiger charge is -2.13. The van der Waals surface area contributed by atoms with Crippen molar-refractivity contribution in [1.82, 2.24) is 0 Å².